The van der Waals surface area contributed by atoms with Crippen molar-refractivity contribution < 1.29 is 0 Å². The van der Waals surface area contributed by atoms with Crippen LogP contribution in [-0.2, 0) is 19.5 Å². The van der Waals surface area contributed by atoms with Crippen LogP contribution in [0.25, 0.3) is 22.0 Å². The Kier molecular flexibility index (Phi) is 4.13. The highest BCUT2D eigenvalue weighted by atomic mass is 15.0. The molecule has 0 saturated heterocycles. The van der Waals surface area contributed by atoms with Crippen LogP contribution in [-0.4, -0.2) is 36.7 Å². The van der Waals surface area contributed by atoms with Gasteiger partial charge < -0.3 is 14.8 Å². The summed E-state index contributed by atoms with van der Waals surface area (Å²) in [5, 5.41) is 4.85. The summed E-state index contributed by atoms with van der Waals surface area (Å²) >= 11 is 0. The summed E-state index contributed by atoms with van der Waals surface area (Å²) in [5.74, 6) is 0. The Labute approximate surface area is 143 Å². The minimum Gasteiger partial charge on any atom is -0.343 e. The number of nitrogens with zero attached hydrogens (tertiary/aromatic N) is 2. The smallest absolute Gasteiger partial charge is 0.0489 e. The van der Waals surface area contributed by atoms with Crippen LogP contribution in [0.1, 0.15) is 11.3 Å². The van der Waals surface area contributed by atoms with Gasteiger partial charge in [0.25, 0.3) is 0 Å². The van der Waals surface area contributed by atoms with Gasteiger partial charge in [-0.25, -0.2) is 0 Å². The van der Waals surface area contributed by atoms with Crippen LogP contribution in [0, 0.1) is 0 Å². The van der Waals surface area contributed by atoms with Crippen molar-refractivity contribution in [2.75, 3.05) is 27.2 Å². The van der Waals surface area contributed by atoms with E-state index in [2.05, 4.69) is 77.4 Å². The molecule has 0 bridgehead atoms. The molecule has 1 aliphatic heterocycles. The lowest BCUT2D eigenvalue weighted by molar-refractivity contribution is 0.402. The number of rotatable bonds is 3. The molecule has 0 saturated carbocycles. The average Bonchev–Trinajstić information content (AvgIpc) is 2.75. The van der Waals surface area contributed by atoms with E-state index in [9.17, 15) is 0 Å². The SMILES string of the molecule is CN(C)Cc1cccc(-c2ccc3cc4n(c3c2)CCNCC4)c1. The van der Waals surface area contributed by atoms with E-state index in [0.717, 1.165) is 32.6 Å². The summed E-state index contributed by atoms with van der Waals surface area (Å²) in [4.78, 5) is 2.21. The number of benzene rings is 2. The van der Waals surface area contributed by atoms with Gasteiger partial charge in [0.05, 0.1) is 0 Å². The number of hydrogen-bond acceptors (Lipinski definition) is 2. The van der Waals surface area contributed by atoms with Crippen LogP contribution < -0.4 is 5.32 Å². The van der Waals surface area contributed by atoms with Crippen LogP contribution >= 0.6 is 0 Å². The lowest BCUT2D eigenvalue weighted by Gasteiger charge is -2.12. The van der Waals surface area contributed by atoms with Gasteiger partial charge >= 0.3 is 0 Å². The standard InChI is InChI=1S/C21H25N3/c1-23(2)15-16-4-3-5-17(12-16)18-6-7-19-13-20-8-9-22-10-11-24(20)21(19)14-18/h3-7,12-14,22H,8-11,15H2,1-2H3. The van der Waals surface area contributed by atoms with Crippen molar-refractivity contribution in [2.24, 2.45) is 0 Å². The lowest BCUT2D eigenvalue weighted by atomic mass is 10.0. The van der Waals surface area contributed by atoms with Crippen LogP contribution in [0.3, 0.4) is 0 Å². The van der Waals surface area contributed by atoms with Crippen molar-refractivity contribution in [3.8, 4) is 11.1 Å². The quantitative estimate of drug-likeness (QED) is 0.797. The fraction of sp³-hybridized carbons (Fsp3) is 0.333. The van der Waals surface area contributed by atoms with Crippen LogP contribution in [0.15, 0.2) is 48.5 Å². The van der Waals surface area contributed by atoms with E-state index in [0.29, 0.717) is 0 Å². The maximum absolute atomic E-state index is 3.49. The molecule has 24 heavy (non-hydrogen) atoms. The van der Waals surface area contributed by atoms with E-state index in [1.54, 1.807) is 0 Å². The van der Waals surface area contributed by atoms with Gasteiger partial charge in [0.1, 0.15) is 0 Å². The van der Waals surface area contributed by atoms with Crippen molar-refractivity contribution in [3.63, 3.8) is 0 Å². The van der Waals surface area contributed by atoms with Crippen molar-refractivity contribution in [1.29, 1.82) is 0 Å². The van der Waals surface area contributed by atoms with E-state index in [-0.39, 0.29) is 0 Å². The van der Waals surface area contributed by atoms with E-state index < -0.39 is 0 Å². The topological polar surface area (TPSA) is 20.2 Å². The van der Waals surface area contributed by atoms with Crippen LogP contribution in [0.2, 0.25) is 0 Å². The van der Waals surface area contributed by atoms with Crippen molar-refractivity contribution in [2.45, 2.75) is 19.5 Å². The molecule has 0 aliphatic carbocycles. The molecule has 124 valence electrons. The summed E-state index contributed by atoms with van der Waals surface area (Å²) < 4.78 is 2.49. The molecular formula is C21H25N3. The van der Waals surface area contributed by atoms with Gasteiger partial charge in [-0.05, 0) is 54.4 Å². The van der Waals surface area contributed by atoms with Crippen molar-refractivity contribution >= 4 is 10.9 Å². The maximum atomic E-state index is 3.49. The van der Waals surface area contributed by atoms with Crippen molar-refractivity contribution in [3.05, 3.63) is 59.8 Å². The third kappa shape index (κ3) is 2.97. The fourth-order valence-corrected chi connectivity index (χ4v) is 3.71. The van der Waals surface area contributed by atoms with Crippen molar-refractivity contribution in [1.82, 2.24) is 14.8 Å². The normalized spacial score (nSPS) is 14.8. The number of fused-ring (bicyclic) bond motifs is 3. The highest BCUT2D eigenvalue weighted by molar-refractivity contribution is 5.86. The first kappa shape index (κ1) is 15.4. The van der Waals surface area contributed by atoms with Gasteiger partial charge in [0.15, 0.2) is 0 Å². The second-order valence-electron chi connectivity index (χ2n) is 7.00. The van der Waals surface area contributed by atoms with E-state index in [1.807, 2.05) is 0 Å². The molecule has 1 N–H and O–H groups in total. The third-order valence-corrected chi connectivity index (χ3v) is 4.82. The minimum atomic E-state index is 0.974. The van der Waals surface area contributed by atoms with Gasteiger partial charge in [-0.3, -0.25) is 0 Å². The summed E-state index contributed by atoms with van der Waals surface area (Å²) in [6, 6.07) is 18.2. The molecule has 2 heterocycles. The Morgan fingerprint density at radius 1 is 1.00 bits per heavy atom. The zero-order valence-electron chi connectivity index (χ0n) is 14.5. The monoisotopic (exact) mass is 319 g/mol. The summed E-state index contributed by atoms with van der Waals surface area (Å²) in [6.45, 7) is 4.17. The Balaban J connectivity index is 1.76. The fourth-order valence-electron chi connectivity index (χ4n) is 3.71. The molecule has 1 aromatic heterocycles. The zero-order chi connectivity index (χ0) is 16.5. The molecule has 0 spiro atoms. The minimum absolute atomic E-state index is 0.974. The average molecular weight is 319 g/mol. The molecule has 0 radical (unpaired) electrons. The zero-order valence-corrected chi connectivity index (χ0v) is 14.5. The Morgan fingerprint density at radius 3 is 2.75 bits per heavy atom. The predicted molar refractivity (Wildman–Crippen MR) is 101 cm³/mol. The predicted octanol–water partition coefficient (Wildman–Crippen LogP) is 3.52. The first-order valence-electron chi connectivity index (χ1n) is 8.78. The number of aromatic nitrogens is 1. The molecule has 3 aromatic rings. The Morgan fingerprint density at radius 2 is 1.88 bits per heavy atom. The molecule has 2 aromatic carbocycles. The van der Waals surface area contributed by atoms with Gasteiger partial charge in [-0.2, -0.15) is 0 Å². The summed E-state index contributed by atoms with van der Waals surface area (Å²) in [5.41, 5.74) is 6.79. The van der Waals surface area contributed by atoms with E-state index in [4.69, 9.17) is 0 Å². The molecule has 3 heteroatoms. The third-order valence-electron chi connectivity index (χ3n) is 4.82. The number of hydrogen-bond donors (Lipinski definition) is 1. The molecule has 0 fully saturated rings. The Bertz CT molecular complexity index is 861. The molecular weight excluding hydrogens is 294 g/mol. The molecule has 0 amide bonds. The Hall–Kier alpha value is -2.10. The summed E-state index contributed by atoms with van der Waals surface area (Å²) in [6.07, 6.45) is 1.11. The van der Waals surface area contributed by atoms with Gasteiger partial charge in [-0.15, -0.1) is 0 Å². The van der Waals surface area contributed by atoms with E-state index in [1.165, 1.54) is 33.3 Å². The van der Waals surface area contributed by atoms with Gasteiger partial charge in [0, 0.05) is 43.8 Å². The highest BCUT2D eigenvalue weighted by Gasteiger charge is 2.12. The maximum Gasteiger partial charge on any atom is 0.0489 e. The molecule has 4 rings (SSSR count). The van der Waals surface area contributed by atoms with Gasteiger partial charge in [-0.1, -0.05) is 30.3 Å². The molecule has 0 unspecified atom stereocenters. The van der Waals surface area contributed by atoms with Crippen LogP contribution in [0.5, 0.6) is 0 Å². The summed E-state index contributed by atoms with van der Waals surface area (Å²) in [7, 11) is 4.23. The second kappa shape index (κ2) is 6.42. The molecule has 3 nitrogen and oxygen atoms in total. The largest absolute Gasteiger partial charge is 0.343 e. The first-order chi connectivity index (χ1) is 11.7. The first-order valence-corrected chi connectivity index (χ1v) is 8.78. The lowest BCUT2D eigenvalue weighted by Crippen LogP contribution is -2.17. The van der Waals surface area contributed by atoms with E-state index >= 15 is 0 Å². The molecule has 1 aliphatic rings. The van der Waals surface area contributed by atoms with Crippen LogP contribution in [0.4, 0.5) is 0 Å². The second-order valence-corrected chi connectivity index (χ2v) is 7.00. The molecule has 0 atom stereocenters. The highest BCUT2D eigenvalue weighted by Crippen LogP contribution is 2.28. The number of nitrogens with one attached hydrogen (secondary N) is 1. The van der Waals surface area contributed by atoms with Gasteiger partial charge in [0.2, 0.25) is 0 Å².